The molecule has 3 aromatic carbocycles. The maximum atomic E-state index is 11.7. The first-order chi connectivity index (χ1) is 11.7. The zero-order valence-corrected chi connectivity index (χ0v) is 13.2. The van der Waals surface area contributed by atoms with Gasteiger partial charge in [-0.1, -0.05) is 36.4 Å². The lowest BCUT2D eigenvalue weighted by atomic mass is 10.1. The number of carbonyl (C=O) groups is 1. The topological polar surface area (TPSA) is 62.7 Å². The summed E-state index contributed by atoms with van der Waals surface area (Å²) in [5.41, 5.74) is 4.05. The van der Waals surface area contributed by atoms with Gasteiger partial charge < -0.3 is 10.1 Å². The SMILES string of the molecule is COc1ccc2cc(/C=N\NC(=O)Nc3ccccc3)ccc2c1. The van der Waals surface area contributed by atoms with Crippen molar-refractivity contribution in [3.63, 3.8) is 0 Å². The van der Waals surface area contributed by atoms with E-state index in [4.69, 9.17) is 4.74 Å². The Bertz CT molecular complexity index is 876. The van der Waals surface area contributed by atoms with Crippen LogP contribution in [0.2, 0.25) is 0 Å². The average Bonchev–Trinajstić information content (AvgIpc) is 2.62. The molecule has 0 heterocycles. The minimum atomic E-state index is -0.386. The van der Waals surface area contributed by atoms with Gasteiger partial charge in [0.1, 0.15) is 5.75 Å². The Labute approximate surface area is 140 Å². The van der Waals surface area contributed by atoms with E-state index < -0.39 is 0 Å². The molecule has 0 spiro atoms. The van der Waals surface area contributed by atoms with Gasteiger partial charge in [-0.2, -0.15) is 5.10 Å². The molecule has 120 valence electrons. The van der Waals surface area contributed by atoms with Crippen LogP contribution in [0.1, 0.15) is 5.56 Å². The lowest BCUT2D eigenvalue weighted by molar-refractivity contribution is 0.252. The summed E-state index contributed by atoms with van der Waals surface area (Å²) in [6.45, 7) is 0. The Hall–Kier alpha value is -3.34. The number of para-hydroxylation sites is 1. The van der Waals surface area contributed by atoms with Crippen LogP contribution in [0.25, 0.3) is 10.8 Å². The third-order valence-electron chi connectivity index (χ3n) is 3.48. The molecule has 0 unspecified atom stereocenters. The molecule has 0 radical (unpaired) electrons. The number of nitrogens with one attached hydrogen (secondary N) is 2. The number of ether oxygens (including phenoxy) is 1. The lowest BCUT2D eigenvalue weighted by Crippen LogP contribution is -2.24. The zero-order valence-electron chi connectivity index (χ0n) is 13.2. The third kappa shape index (κ3) is 3.89. The van der Waals surface area contributed by atoms with Crippen molar-refractivity contribution in [1.82, 2.24) is 5.43 Å². The molecule has 0 aliphatic rings. The number of carbonyl (C=O) groups excluding carboxylic acids is 1. The van der Waals surface area contributed by atoms with Crippen LogP contribution in [-0.2, 0) is 0 Å². The molecule has 0 saturated heterocycles. The zero-order chi connectivity index (χ0) is 16.8. The summed E-state index contributed by atoms with van der Waals surface area (Å²) in [5.74, 6) is 0.822. The van der Waals surface area contributed by atoms with Gasteiger partial charge >= 0.3 is 6.03 Å². The molecule has 2 amide bonds. The minimum absolute atomic E-state index is 0.386. The number of urea groups is 1. The number of anilines is 1. The Morgan fingerprint density at radius 3 is 2.54 bits per heavy atom. The number of hydrazone groups is 1. The van der Waals surface area contributed by atoms with E-state index in [-0.39, 0.29) is 6.03 Å². The van der Waals surface area contributed by atoms with Crippen molar-refractivity contribution >= 4 is 28.7 Å². The first-order valence-corrected chi connectivity index (χ1v) is 7.47. The highest BCUT2D eigenvalue weighted by Gasteiger charge is 1.99. The number of nitrogens with zero attached hydrogens (tertiary/aromatic N) is 1. The molecule has 5 nitrogen and oxygen atoms in total. The van der Waals surface area contributed by atoms with Crippen molar-refractivity contribution in [3.8, 4) is 5.75 Å². The molecule has 0 aromatic heterocycles. The van der Waals surface area contributed by atoms with Crippen molar-refractivity contribution in [1.29, 1.82) is 0 Å². The fourth-order valence-corrected chi connectivity index (χ4v) is 2.30. The first-order valence-electron chi connectivity index (χ1n) is 7.47. The quantitative estimate of drug-likeness (QED) is 0.564. The maximum Gasteiger partial charge on any atom is 0.339 e. The number of hydrogen-bond acceptors (Lipinski definition) is 3. The summed E-state index contributed by atoms with van der Waals surface area (Å²) in [4.78, 5) is 11.7. The Kier molecular flexibility index (Phi) is 4.72. The molecule has 2 N–H and O–H groups in total. The van der Waals surface area contributed by atoms with E-state index in [1.54, 1.807) is 25.5 Å². The summed E-state index contributed by atoms with van der Waals surface area (Å²) >= 11 is 0. The summed E-state index contributed by atoms with van der Waals surface area (Å²) in [5, 5.41) is 8.82. The van der Waals surface area contributed by atoms with Gasteiger partial charge in [0.2, 0.25) is 0 Å². The van der Waals surface area contributed by atoms with Gasteiger partial charge in [0.15, 0.2) is 0 Å². The highest BCUT2D eigenvalue weighted by Crippen LogP contribution is 2.21. The number of benzene rings is 3. The largest absolute Gasteiger partial charge is 0.497 e. The molecular formula is C19H17N3O2. The van der Waals surface area contributed by atoms with E-state index in [9.17, 15) is 4.79 Å². The predicted octanol–water partition coefficient (Wildman–Crippen LogP) is 4.00. The van der Waals surface area contributed by atoms with Crippen LogP contribution in [-0.4, -0.2) is 19.4 Å². The van der Waals surface area contributed by atoms with Gasteiger partial charge in [-0.3, -0.25) is 0 Å². The summed E-state index contributed by atoms with van der Waals surface area (Å²) < 4.78 is 5.21. The van der Waals surface area contributed by atoms with Crippen LogP contribution in [0.15, 0.2) is 71.8 Å². The first kappa shape index (κ1) is 15.6. The molecule has 0 bridgehead atoms. The number of hydrogen-bond donors (Lipinski definition) is 2. The number of methoxy groups -OCH3 is 1. The second-order valence-corrected chi connectivity index (χ2v) is 5.16. The van der Waals surface area contributed by atoms with Gasteiger partial charge in [0.05, 0.1) is 13.3 Å². The summed E-state index contributed by atoms with van der Waals surface area (Å²) in [7, 11) is 1.65. The van der Waals surface area contributed by atoms with E-state index in [2.05, 4.69) is 15.8 Å². The average molecular weight is 319 g/mol. The van der Waals surface area contributed by atoms with Crippen LogP contribution in [0.5, 0.6) is 5.75 Å². The number of amides is 2. The highest BCUT2D eigenvalue weighted by atomic mass is 16.5. The van der Waals surface area contributed by atoms with E-state index in [0.717, 1.165) is 22.1 Å². The molecule has 0 aliphatic carbocycles. The van der Waals surface area contributed by atoms with E-state index in [1.807, 2.05) is 54.6 Å². The lowest BCUT2D eigenvalue weighted by Gasteiger charge is -2.04. The van der Waals surface area contributed by atoms with Gasteiger partial charge in [0, 0.05) is 5.69 Å². The van der Waals surface area contributed by atoms with Crippen molar-refractivity contribution in [2.24, 2.45) is 5.10 Å². The molecule has 5 heteroatoms. The van der Waals surface area contributed by atoms with Crippen LogP contribution in [0.4, 0.5) is 10.5 Å². The summed E-state index contributed by atoms with van der Waals surface area (Å²) in [6.07, 6.45) is 1.61. The maximum absolute atomic E-state index is 11.7. The standard InChI is InChI=1S/C19H17N3O2/c1-24-18-10-9-15-11-14(7-8-16(15)12-18)13-20-22-19(23)21-17-5-3-2-4-6-17/h2-13H,1H3,(H2,21,22,23)/b20-13-. The van der Waals surface area contributed by atoms with E-state index in [1.165, 1.54) is 0 Å². The predicted molar refractivity (Wildman–Crippen MR) is 96.7 cm³/mol. The van der Waals surface area contributed by atoms with Gasteiger partial charge in [-0.05, 0) is 46.7 Å². The smallest absolute Gasteiger partial charge is 0.339 e. The van der Waals surface area contributed by atoms with Gasteiger partial charge in [0.25, 0.3) is 0 Å². The molecule has 0 fully saturated rings. The fraction of sp³-hybridized carbons (Fsp3) is 0.0526. The molecular weight excluding hydrogens is 302 g/mol. The number of rotatable bonds is 4. The molecule has 3 aromatic rings. The normalized spacial score (nSPS) is 10.7. The Morgan fingerprint density at radius 1 is 1.00 bits per heavy atom. The molecule has 24 heavy (non-hydrogen) atoms. The second-order valence-electron chi connectivity index (χ2n) is 5.16. The van der Waals surface area contributed by atoms with Crippen molar-refractivity contribution in [3.05, 3.63) is 72.3 Å². The van der Waals surface area contributed by atoms with Crippen molar-refractivity contribution in [2.45, 2.75) is 0 Å². The molecule has 0 atom stereocenters. The van der Waals surface area contributed by atoms with E-state index in [0.29, 0.717) is 5.69 Å². The van der Waals surface area contributed by atoms with Crippen molar-refractivity contribution < 1.29 is 9.53 Å². The van der Waals surface area contributed by atoms with E-state index >= 15 is 0 Å². The molecule has 3 rings (SSSR count). The summed E-state index contributed by atoms with van der Waals surface area (Å²) in [6, 6.07) is 20.6. The number of fused-ring (bicyclic) bond motifs is 1. The second kappa shape index (κ2) is 7.28. The molecule has 0 saturated carbocycles. The van der Waals surface area contributed by atoms with Gasteiger partial charge in [-0.25, -0.2) is 10.2 Å². The highest BCUT2D eigenvalue weighted by molar-refractivity contribution is 5.93. The van der Waals surface area contributed by atoms with Crippen LogP contribution >= 0.6 is 0 Å². The minimum Gasteiger partial charge on any atom is -0.497 e. The van der Waals surface area contributed by atoms with Crippen molar-refractivity contribution in [2.75, 3.05) is 12.4 Å². The monoisotopic (exact) mass is 319 g/mol. The van der Waals surface area contributed by atoms with Crippen LogP contribution in [0.3, 0.4) is 0 Å². The Morgan fingerprint density at radius 2 is 1.75 bits per heavy atom. The van der Waals surface area contributed by atoms with Crippen LogP contribution < -0.4 is 15.5 Å². The van der Waals surface area contributed by atoms with Crippen LogP contribution in [0, 0.1) is 0 Å². The Balaban J connectivity index is 1.64. The van der Waals surface area contributed by atoms with Gasteiger partial charge in [-0.15, -0.1) is 0 Å². The molecule has 0 aliphatic heterocycles. The fourth-order valence-electron chi connectivity index (χ4n) is 2.30. The third-order valence-corrected chi connectivity index (χ3v) is 3.48.